The molecule has 182 valence electrons. The fraction of sp³-hybridized carbons (Fsp3) is 0.304. The number of H-pyrrole nitrogens is 1. The summed E-state index contributed by atoms with van der Waals surface area (Å²) < 4.78 is 41.4. The Kier molecular flexibility index (Phi) is 5.87. The Labute approximate surface area is 202 Å². The summed E-state index contributed by atoms with van der Waals surface area (Å²) in [5.41, 5.74) is 2.16. The number of benzene rings is 2. The number of hydrogen-bond donors (Lipinski definition) is 1. The average Bonchev–Trinajstić information content (AvgIpc) is 3.49. The Hall–Kier alpha value is -3.60. The van der Waals surface area contributed by atoms with Gasteiger partial charge in [-0.25, -0.2) is 0 Å². The molecule has 1 aromatic heterocycles. The molecule has 12 heteroatoms. The number of aromatic nitrogens is 3. The lowest BCUT2D eigenvalue weighted by Crippen LogP contribution is -2.35. The van der Waals surface area contributed by atoms with E-state index in [9.17, 15) is 22.8 Å². The summed E-state index contributed by atoms with van der Waals surface area (Å²) in [6, 6.07) is 8.81. The van der Waals surface area contributed by atoms with Gasteiger partial charge in [-0.15, -0.1) is 13.2 Å². The molecule has 2 atom stereocenters. The molecule has 2 fully saturated rings. The Morgan fingerprint density at radius 3 is 2.40 bits per heavy atom. The predicted molar refractivity (Wildman–Crippen MR) is 121 cm³/mol. The number of rotatable bonds is 4. The highest BCUT2D eigenvalue weighted by Gasteiger charge is 2.42. The zero-order chi connectivity index (χ0) is 24.7. The van der Waals surface area contributed by atoms with Gasteiger partial charge in [0.15, 0.2) is 0 Å². The molecular weight excluding hydrogens is 487 g/mol. The maximum atomic E-state index is 12.9. The first-order valence-electron chi connectivity index (χ1n) is 10.8. The Morgan fingerprint density at radius 2 is 1.69 bits per heavy atom. The van der Waals surface area contributed by atoms with E-state index in [1.165, 1.54) is 18.2 Å². The fourth-order valence-corrected chi connectivity index (χ4v) is 4.87. The van der Waals surface area contributed by atoms with Gasteiger partial charge in [-0.3, -0.25) is 9.59 Å². The molecule has 8 nitrogen and oxygen atoms in total. The largest absolute Gasteiger partial charge is 0.573 e. The number of likely N-dealkylation sites (tertiary alicyclic amines) is 2. The highest BCUT2D eigenvalue weighted by atomic mass is 35.5. The molecule has 35 heavy (non-hydrogen) atoms. The zero-order valence-corrected chi connectivity index (χ0v) is 18.9. The third-order valence-electron chi connectivity index (χ3n) is 6.19. The zero-order valence-electron chi connectivity index (χ0n) is 18.1. The number of aromatic amines is 1. The molecule has 2 unspecified atom stereocenters. The van der Waals surface area contributed by atoms with Crippen LogP contribution in [-0.2, 0) is 4.79 Å². The van der Waals surface area contributed by atoms with Crippen molar-refractivity contribution in [3.63, 3.8) is 0 Å². The second-order valence-corrected chi connectivity index (χ2v) is 9.04. The van der Waals surface area contributed by atoms with Crippen LogP contribution in [0, 0.1) is 11.8 Å². The van der Waals surface area contributed by atoms with E-state index < -0.39 is 12.1 Å². The molecule has 0 bridgehead atoms. The monoisotopic (exact) mass is 505 g/mol. The summed E-state index contributed by atoms with van der Waals surface area (Å²) >= 11 is 5.88. The van der Waals surface area contributed by atoms with Gasteiger partial charge in [0.2, 0.25) is 5.91 Å². The molecule has 2 aliphatic heterocycles. The summed E-state index contributed by atoms with van der Waals surface area (Å²) in [4.78, 5) is 29.1. The number of carbonyl (C=O) groups excluding carboxylic acids is 2. The third kappa shape index (κ3) is 5.09. The molecule has 3 heterocycles. The van der Waals surface area contributed by atoms with Crippen LogP contribution >= 0.6 is 11.6 Å². The number of alkyl halides is 3. The van der Waals surface area contributed by atoms with Gasteiger partial charge in [-0.2, -0.15) is 15.4 Å². The number of nitrogens with zero attached hydrogens (tertiary/aromatic N) is 4. The maximum Gasteiger partial charge on any atom is 0.573 e. The summed E-state index contributed by atoms with van der Waals surface area (Å²) in [6.07, 6.45) is -2.13. The van der Waals surface area contributed by atoms with Crippen molar-refractivity contribution in [2.45, 2.75) is 6.36 Å². The molecule has 2 aliphatic rings. The smallest absolute Gasteiger partial charge is 0.406 e. The number of halogens is 4. The van der Waals surface area contributed by atoms with Gasteiger partial charge in [0.1, 0.15) is 16.8 Å². The highest BCUT2D eigenvalue weighted by Crippen LogP contribution is 2.33. The first-order valence-corrected chi connectivity index (χ1v) is 11.2. The normalized spacial score (nSPS) is 20.1. The van der Waals surface area contributed by atoms with E-state index in [-0.39, 0.29) is 28.7 Å². The van der Waals surface area contributed by atoms with Crippen molar-refractivity contribution in [2.24, 2.45) is 11.8 Å². The van der Waals surface area contributed by atoms with Crippen LogP contribution in [0.5, 0.6) is 5.75 Å². The molecule has 0 aliphatic carbocycles. The molecule has 2 amide bonds. The van der Waals surface area contributed by atoms with Crippen LogP contribution in [0.1, 0.15) is 15.9 Å². The minimum absolute atomic E-state index is 0.0574. The molecule has 0 spiro atoms. The summed E-state index contributed by atoms with van der Waals surface area (Å²) in [5, 5.41) is 10.6. The quantitative estimate of drug-likeness (QED) is 0.545. The van der Waals surface area contributed by atoms with Crippen molar-refractivity contribution in [2.75, 3.05) is 26.2 Å². The number of amides is 2. The van der Waals surface area contributed by atoms with E-state index in [1.807, 2.05) is 0 Å². The minimum atomic E-state index is -4.84. The first-order chi connectivity index (χ1) is 16.6. The van der Waals surface area contributed by atoms with E-state index in [1.54, 1.807) is 28.0 Å². The van der Waals surface area contributed by atoms with Crippen molar-refractivity contribution in [1.82, 2.24) is 25.2 Å². The van der Waals surface area contributed by atoms with Crippen molar-refractivity contribution < 1.29 is 27.5 Å². The van der Waals surface area contributed by atoms with Crippen LogP contribution in [0.2, 0.25) is 5.02 Å². The summed E-state index contributed by atoms with van der Waals surface area (Å²) in [7, 11) is 0. The maximum absolute atomic E-state index is 12.9. The number of fused-ring (bicyclic) bond motifs is 2. The molecule has 0 saturated carbocycles. The minimum Gasteiger partial charge on any atom is -0.406 e. The van der Waals surface area contributed by atoms with E-state index >= 15 is 0 Å². The van der Waals surface area contributed by atoms with E-state index in [0.29, 0.717) is 48.3 Å². The van der Waals surface area contributed by atoms with Crippen molar-refractivity contribution in [3.8, 4) is 5.75 Å². The Balaban J connectivity index is 1.19. The lowest BCUT2D eigenvalue weighted by molar-refractivity contribution is -0.274. The molecular formula is C23H19ClF3N5O3. The fourth-order valence-electron chi connectivity index (χ4n) is 4.64. The molecule has 5 rings (SSSR count). The Morgan fingerprint density at radius 1 is 1.00 bits per heavy atom. The third-order valence-corrected chi connectivity index (χ3v) is 6.41. The van der Waals surface area contributed by atoms with Gasteiger partial charge in [0.25, 0.3) is 5.91 Å². The van der Waals surface area contributed by atoms with Gasteiger partial charge in [-0.1, -0.05) is 11.6 Å². The molecule has 2 aromatic carbocycles. The average molecular weight is 506 g/mol. The topological polar surface area (TPSA) is 91.4 Å². The van der Waals surface area contributed by atoms with Gasteiger partial charge < -0.3 is 14.5 Å². The van der Waals surface area contributed by atoms with Gasteiger partial charge in [0, 0.05) is 54.7 Å². The standard InChI is InChI=1S/C23H19ClF3N5O3/c24-17-5-13(6-18(8-17)35-23(25,26)27)1-4-21(33)31-9-15-11-32(12-16(15)10-31)22(34)14-2-3-19-20(7-14)29-30-28-19/h1-8,15-16H,9-12H2,(H,28,29,30)/b4-1+. The van der Waals surface area contributed by atoms with Crippen molar-refractivity contribution >= 4 is 40.5 Å². The van der Waals surface area contributed by atoms with Crippen LogP contribution in [0.3, 0.4) is 0 Å². The molecule has 1 N–H and O–H groups in total. The number of carbonyl (C=O) groups is 2. The van der Waals surface area contributed by atoms with Crippen LogP contribution in [-0.4, -0.2) is 69.6 Å². The van der Waals surface area contributed by atoms with Gasteiger partial charge in [-0.05, 0) is 48.0 Å². The van der Waals surface area contributed by atoms with Crippen molar-refractivity contribution in [3.05, 3.63) is 58.6 Å². The summed E-state index contributed by atoms with van der Waals surface area (Å²) in [5.74, 6) is -0.484. The summed E-state index contributed by atoms with van der Waals surface area (Å²) in [6.45, 7) is 2.08. The van der Waals surface area contributed by atoms with E-state index in [2.05, 4.69) is 20.1 Å². The SMILES string of the molecule is O=C(/C=C/c1cc(Cl)cc(OC(F)(F)F)c1)N1CC2CN(C(=O)c3ccc4n[nH]nc4c3)CC2C1. The first kappa shape index (κ1) is 23.2. The second-order valence-electron chi connectivity index (χ2n) is 8.60. The van der Waals surface area contributed by atoms with Crippen LogP contribution in [0.25, 0.3) is 17.1 Å². The molecule has 2 saturated heterocycles. The van der Waals surface area contributed by atoms with Gasteiger partial charge in [0.05, 0.1) is 0 Å². The van der Waals surface area contributed by atoms with Gasteiger partial charge >= 0.3 is 6.36 Å². The number of hydrogen-bond acceptors (Lipinski definition) is 5. The van der Waals surface area contributed by atoms with Crippen molar-refractivity contribution in [1.29, 1.82) is 0 Å². The van der Waals surface area contributed by atoms with Crippen LogP contribution < -0.4 is 4.74 Å². The molecule has 3 aromatic rings. The highest BCUT2D eigenvalue weighted by molar-refractivity contribution is 6.30. The van der Waals surface area contributed by atoms with E-state index in [0.717, 1.165) is 12.1 Å². The number of ether oxygens (including phenoxy) is 1. The van der Waals surface area contributed by atoms with Crippen LogP contribution in [0.15, 0.2) is 42.5 Å². The lowest BCUT2D eigenvalue weighted by atomic mass is 10.0. The van der Waals surface area contributed by atoms with E-state index in [4.69, 9.17) is 11.6 Å². The predicted octanol–water partition coefficient (Wildman–Crippen LogP) is 3.75. The van der Waals surface area contributed by atoms with Crippen LogP contribution in [0.4, 0.5) is 13.2 Å². The molecule has 0 radical (unpaired) electrons. The Bertz CT molecular complexity index is 1310. The second kappa shape index (κ2) is 8.88. The number of nitrogens with one attached hydrogen (secondary N) is 1. The lowest BCUT2D eigenvalue weighted by Gasteiger charge is -2.21.